The van der Waals surface area contributed by atoms with Crippen LogP contribution >= 0.6 is 36.2 Å². The van der Waals surface area contributed by atoms with E-state index in [1.165, 1.54) is 11.3 Å². The Morgan fingerprint density at radius 3 is 2.45 bits per heavy atom. The molecule has 1 aliphatic rings. The molecule has 1 aliphatic heterocycles. The molecule has 2 N–H and O–H groups in total. The standard InChI is InChI=1S/C12H22N4O2S2.2ClH/c1-10-12(19-11(2)15-10)20(17,18)14-4-3-7-16-8-5-13-6-9-16;;/h13-14H,3-9H2,1-2H3;2*1H. The highest BCUT2D eigenvalue weighted by Crippen LogP contribution is 2.22. The summed E-state index contributed by atoms with van der Waals surface area (Å²) in [5, 5.41) is 4.08. The molecule has 0 radical (unpaired) electrons. The van der Waals surface area contributed by atoms with E-state index in [0.717, 1.165) is 44.2 Å². The van der Waals surface area contributed by atoms with Gasteiger partial charge in [0.05, 0.1) is 10.7 Å². The molecule has 22 heavy (non-hydrogen) atoms. The van der Waals surface area contributed by atoms with Crippen LogP contribution in [0.4, 0.5) is 0 Å². The number of thiazole rings is 1. The molecule has 2 heterocycles. The normalized spacial score (nSPS) is 15.9. The number of halogens is 2. The van der Waals surface area contributed by atoms with E-state index in [1.54, 1.807) is 6.92 Å². The van der Waals surface area contributed by atoms with E-state index < -0.39 is 10.0 Å². The first-order valence-electron chi connectivity index (χ1n) is 6.86. The molecule has 1 aromatic heterocycles. The summed E-state index contributed by atoms with van der Waals surface area (Å²) >= 11 is 1.23. The summed E-state index contributed by atoms with van der Waals surface area (Å²) in [6.07, 6.45) is 0.829. The van der Waals surface area contributed by atoms with Crippen molar-refractivity contribution in [2.45, 2.75) is 24.5 Å². The molecule has 0 spiro atoms. The van der Waals surface area contributed by atoms with Crippen molar-refractivity contribution in [1.82, 2.24) is 19.9 Å². The molecule has 1 aromatic rings. The lowest BCUT2D eigenvalue weighted by molar-refractivity contribution is 0.239. The van der Waals surface area contributed by atoms with E-state index in [4.69, 9.17) is 0 Å². The second-order valence-corrected chi connectivity index (χ2v) is 8.11. The van der Waals surface area contributed by atoms with Gasteiger partial charge in [0.15, 0.2) is 4.21 Å². The molecule has 0 bridgehead atoms. The number of sulfonamides is 1. The Labute approximate surface area is 148 Å². The molecular formula is C12H24Cl2N4O2S2. The molecule has 0 unspecified atom stereocenters. The Morgan fingerprint density at radius 2 is 1.91 bits per heavy atom. The zero-order valence-electron chi connectivity index (χ0n) is 12.8. The molecule has 0 saturated carbocycles. The zero-order valence-corrected chi connectivity index (χ0v) is 16.1. The molecule has 0 atom stereocenters. The highest BCUT2D eigenvalue weighted by molar-refractivity contribution is 7.91. The van der Waals surface area contributed by atoms with Crippen LogP contribution in [0.15, 0.2) is 4.21 Å². The Hall–Kier alpha value is 0.0400. The Bertz CT molecular complexity index is 545. The van der Waals surface area contributed by atoms with E-state index in [-0.39, 0.29) is 24.8 Å². The second-order valence-electron chi connectivity index (χ2n) is 4.95. The fourth-order valence-electron chi connectivity index (χ4n) is 2.27. The summed E-state index contributed by atoms with van der Waals surface area (Å²) in [7, 11) is -3.40. The van der Waals surface area contributed by atoms with Gasteiger partial charge in [0.2, 0.25) is 0 Å². The van der Waals surface area contributed by atoms with Crippen LogP contribution in [0.5, 0.6) is 0 Å². The molecule has 1 saturated heterocycles. The van der Waals surface area contributed by atoms with Crippen molar-refractivity contribution in [3.05, 3.63) is 10.7 Å². The van der Waals surface area contributed by atoms with E-state index in [1.807, 2.05) is 6.92 Å². The lowest BCUT2D eigenvalue weighted by atomic mass is 10.3. The highest BCUT2D eigenvalue weighted by Gasteiger charge is 2.20. The fraction of sp³-hybridized carbons (Fsp3) is 0.750. The monoisotopic (exact) mass is 390 g/mol. The maximum Gasteiger partial charge on any atom is 0.251 e. The minimum Gasteiger partial charge on any atom is -0.314 e. The smallest absolute Gasteiger partial charge is 0.251 e. The molecule has 10 heteroatoms. The maximum absolute atomic E-state index is 12.2. The summed E-state index contributed by atoms with van der Waals surface area (Å²) in [6.45, 7) is 9.09. The summed E-state index contributed by atoms with van der Waals surface area (Å²) in [5.74, 6) is 0. The van der Waals surface area contributed by atoms with Gasteiger partial charge in [-0.3, -0.25) is 0 Å². The quantitative estimate of drug-likeness (QED) is 0.713. The molecule has 0 aromatic carbocycles. The van der Waals surface area contributed by atoms with Crippen molar-refractivity contribution in [3.63, 3.8) is 0 Å². The molecule has 6 nitrogen and oxygen atoms in total. The van der Waals surface area contributed by atoms with Gasteiger partial charge in [0, 0.05) is 32.7 Å². The van der Waals surface area contributed by atoms with Crippen LogP contribution < -0.4 is 10.0 Å². The molecule has 1 fully saturated rings. The van der Waals surface area contributed by atoms with Crippen LogP contribution in [0, 0.1) is 13.8 Å². The Balaban J connectivity index is 0.00000220. The number of aryl methyl sites for hydroxylation is 2. The maximum atomic E-state index is 12.2. The summed E-state index contributed by atoms with van der Waals surface area (Å²) in [5.41, 5.74) is 0.585. The molecule has 130 valence electrons. The first kappa shape index (κ1) is 22.0. The predicted octanol–water partition coefficient (Wildman–Crippen LogP) is 1.18. The van der Waals surface area contributed by atoms with Crippen LogP contribution in [0.1, 0.15) is 17.1 Å². The van der Waals surface area contributed by atoms with Crippen LogP contribution in [-0.4, -0.2) is 57.6 Å². The first-order valence-corrected chi connectivity index (χ1v) is 9.16. The predicted molar refractivity (Wildman–Crippen MR) is 95.2 cm³/mol. The average molecular weight is 391 g/mol. The Kier molecular flexibility index (Phi) is 10.0. The van der Waals surface area contributed by atoms with Crippen LogP contribution in [-0.2, 0) is 10.0 Å². The van der Waals surface area contributed by atoms with Crippen LogP contribution in [0.25, 0.3) is 0 Å². The third kappa shape index (κ3) is 6.27. The summed E-state index contributed by atoms with van der Waals surface area (Å²) in [4.78, 5) is 6.52. The molecular weight excluding hydrogens is 367 g/mol. The number of nitrogens with zero attached hydrogens (tertiary/aromatic N) is 2. The van der Waals surface area contributed by atoms with Gasteiger partial charge in [0.1, 0.15) is 0 Å². The lowest BCUT2D eigenvalue weighted by Gasteiger charge is -2.26. The Morgan fingerprint density at radius 1 is 1.27 bits per heavy atom. The van der Waals surface area contributed by atoms with Crippen molar-refractivity contribution < 1.29 is 8.42 Å². The van der Waals surface area contributed by atoms with Gasteiger partial charge in [-0.1, -0.05) is 0 Å². The van der Waals surface area contributed by atoms with Gasteiger partial charge in [-0.25, -0.2) is 18.1 Å². The third-order valence-electron chi connectivity index (χ3n) is 3.26. The molecule has 0 amide bonds. The van der Waals surface area contributed by atoms with Crippen LogP contribution in [0.3, 0.4) is 0 Å². The highest BCUT2D eigenvalue weighted by atomic mass is 35.5. The number of hydrogen-bond donors (Lipinski definition) is 2. The summed E-state index contributed by atoms with van der Waals surface area (Å²) in [6, 6.07) is 0. The van der Waals surface area contributed by atoms with Crippen molar-refractivity contribution in [2.24, 2.45) is 0 Å². The SMILES string of the molecule is Cc1nc(C)c(S(=O)(=O)NCCCN2CCNCC2)s1.Cl.Cl. The number of aromatic nitrogens is 1. The van der Waals surface area contributed by atoms with E-state index in [9.17, 15) is 8.42 Å². The minimum atomic E-state index is -3.40. The fourth-order valence-corrected chi connectivity index (χ4v) is 4.87. The van der Waals surface area contributed by atoms with Crippen LogP contribution in [0.2, 0.25) is 0 Å². The van der Waals surface area contributed by atoms with Gasteiger partial charge in [-0.15, -0.1) is 36.2 Å². The molecule has 2 rings (SSSR count). The van der Waals surface area contributed by atoms with E-state index >= 15 is 0 Å². The van der Waals surface area contributed by atoms with Gasteiger partial charge < -0.3 is 10.2 Å². The van der Waals surface area contributed by atoms with Gasteiger partial charge in [0.25, 0.3) is 10.0 Å². The lowest BCUT2D eigenvalue weighted by Crippen LogP contribution is -2.44. The van der Waals surface area contributed by atoms with Crippen molar-refractivity contribution >= 4 is 46.2 Å². The largest absolute Gasteiger partial charge is 0.314 e. The van der Waals surface area contributed by atoms with E-state index in [2.05, 4.69) is 19.9 Å². The van der Waals surface area contributed by atoms with Gasteiger partial charge in [-0.05, 0) is 26.8 Å². The third-order valence-corrected chi connectivity index (χ3v) is 6.40. The van der Waals surface area contributed by atoms with Crippen molar-refractivity contribution in [3.8, 4) is 0 Å². The van der Waals surface area contributed by atoms with Crippen molar-refractivity contribution in [1.29, 1.82) is 0 Å². The zero-order chi connectivity index (χ0) is 14.6. The van der Waals surface area contributed by atoms with E-state index in [0.29, 0.717) is 16.4 Å². The number of rotatable bonds is 6. The van der Waals surface area contributed by atoms with Gasteiger partial charge >= 0.3 is 0 Å². The molecule has 0 aliphatic carbocycles. The topological polar surface area (TPSA) is 74.3 Å². The average Bonchev–Trinajstić information content (AvgIpc) is 2.76. The van der Waals surface area contributed by atoms with Gasteiger partial charge in [-0.2, -0.15) is 0 Å². The number of piperazine rings is 1. The van der Waals surface area contributed by atoms with Crippen molar-refractivity contribution in [2.75, 3.05) is 39.3 Å². The number of hydrogen-bond acceptors (Lipinski definition) is 6. The minimum absolute atomic E-state index is 0. The second kappa shape index (κ2) is 10.0. The summed E-state index contributed by atoms with van der Waals surface area (Å²) < 4.78 is 27.3. The first-order chi connectivity index (χ1) is 9.49. The number of nitrogens with one attached hydrogen (secondary N) is 2.